The van der Waals surface area contributed by atoms with Gasteiger partial charge in [-0.2, -0.15) is 0 Å². The highest BCUT2D eigenvalue weighted by Crippen LogP contribution is 2.33. The Balaban J connectivity index is 1.61. The summed E-state index contributed by atoms with van der Waals surface area (Å²) in [6, 6.07) is 16.3. The molecule has 0 saturated heterocycles. The number of anilines is 1. The fourth-order valence-corrected chi connectivity index (χ4v) is 3.93. The maximum atomic E-state index is 13.8. The van der Waals surface area contributed by atoms with Gasteiger partial charge in [0.25, 0.3) is 0 Å². The molecular weight excluding hydrogens is 423 g/mol. The van der Waals surface area contributed by atoms with Gasteiger partial charge < -0.3 is 5.32 Å². The van der Waals surface area contributed by atoms with Gasteiger partial charge in [-0.25, -0.2) is 13.2 Å². The van der Waals surface area contributed by atoms with E-state index in [9.17, 15) is 18.0 Å². The molecule has 1 atom stereocenters. The Morgan fingerprint density at radius 2 is 1.58 bits per heavy atom. The van der Waals surface area contributed by atoms with Crippen LogP contribution >= 0.6 is 11.8 Å². The van der Waals surface area contributed by atoms with Gasteiger partial charge in [-0.3, -0.25) is 4.79 Å². The molecule has 1 unspecified atom stereocenters. The number of nitrogens with one attached hydrogen (secondary N) is 1. The molecule has 1 aromatic heterocycles. The maximum Gasteiger partial charge on any atom is 0.237 e. The van der Waals surface area contributed by atoms with Crippen LogP contribution in [0.15, 0.2) is 71.8 Å². The number of benzene rings is 3. The average molecular weight is 439 g/mol. The summed E-state index contributed by atoms with van der Waals surface area (Å²) in [5, 5.41) is 12.4. The van der Waals surface area contributed by atoms with E-state index in [1.807, 2.05) is 24.3 Å². The van der Waals surface area contributed by atoms with E-state index in [0.717, 1.165) is 40.7 Å². The summed E-state index contributed by atoms with van der Waals surface area (Å²) in [5.41, 5.74) is 1.09. The molecular formula is C23H16F3N3OS. The molecule has 1 heterocycles. The zero-order valence-corrected chi connectivity index (χ0v) is 17.1. The first-order chi connectivity index (χ1) is 14.9. The summed E-state index contributed by atoms with van der Waals surface area (Å²) in [5.74, 6) is -2.21. The van der Waals surface area contributed by atoms with Crippen LogP contribution in [-0.2, 0) is 4.79 Å². The van der Waals surface area contributed by atoms with E-state index in [1.54, 1.807) is 19.1 Å². The van der Waals surface area contributed by atoms with Gasteiger partial charge in [-0.1, -0.05) is 36.0 Å². The number of hydrogen-bond acceptors (Lipinski definition) is 4. The van der Waals surface area contributed by atoms with E-state index in [1.165, 1.54) is 12.1 Å². The summed E-state index contributed by atoms with van der Waals surface area (Å²) in [6.45, 7) is 1.64. The van der Waals surface area contributed by atoms with Crippen LogP contribution in [0.3, 0.4) is 0 Å². The van der Waals surface area contributed by atoms with E-state index in [-0.39, 0.29) is 11.5 Å². The number of thioether (sulfide) groups is 1. The predicted molar refractivity (Wildman–Crippen MR) is 115 cm³/mol. The number of fused-ring (bicyclic) bond motifs is 1. The summed E-state index contributed by atoms with van der Waals surface area (Å²) in [6.07, 6.45) is 0. The van der Waals surface area contributed by atoms with E-state index in [2.05, 4.69) is 15.5 Å². The zero-order valence-electron chi connectivity index (χ0n) is 16.3. The highest BCUT2D eigenvalue weighted by molar-refractivity contribution is 8.00. The summed E-state index contributed by atoms with van der Waals surface area (Å²) in [7, 11) is 0. The molecule has 0 aliphatic rings. The van der Waals surface area contributed by atoms with Crippen molar-refractivity contribution in [2.24, 2.45) is 0 Å². The summed E-state index contributed by atoms with van der Waals surface area (Å²) < 4.78 is 40.5. The minimum Gasteiger partial charge on any atom is -0.323 e. The van der Waals surface area contributed by atoms with Crippen molar-refractivity contribution in [1.82, 2.24) is 10.2 Å². The van der Waals surface area contributed by atoms with Crippen LogP contribution in [0.2, 0.25) is 0 Å². The Labute approximate surface area is 180 Å². The number of nitrogens with zero attached hydrogens (tertiary/aromatic N) is 2. The van der Waals surface area contributed by atoms with Crippen molar-refractivity contribution in [2.75, 3.05) is 5.32 Å². The van der Waals surface area contributed by atoms with Gasteiger partial charge in [0.2, 0.25) is 5.91 Å². The minimum absolute atomic E-state index is 0.222. The van der Waals surface area contributed by atoms with Gasteiger partial charge in [0, 0.05) is 22.4 Å². The Morgan fingerprint density at radius 3 is 2.32 bits per heavy atom. The van der Waals surface area contributed by atoms with Crippen molar-refractivity contribution < 1.29 is 18.0 Å². The third-order valence-electron chi connectivity index (χ3n) is 4.61. The molecule has 156 valence electrons. The fraction of sp³-hybridized carbons (Fsp3) is 0.0870. The highest BCUT2D eigenvalue weighted by Gasteiger charge is 2.20. The first-order valence-electron chi connectivity index (χ1n) is 9.36. The van der Waals surface area contributed by atoms with Crippen LogP contribution in [0, 0.1) is 17.5 Å². The average Bonchev–Trinajstić information content (AvgIpc) is 2.77. The van der Waals surface area contributed by atoms with Crippen molar-refractivity contribution in [2.45, 2.75) is 17.2 Å². The van der Waals surface area contributed by atoms with Gasteiger partial charge >= 0.3 is 0 Å². The van der Waals surface area contributed by atoms with E-state index < -0.39 is 22.8 Å². The Hall–Kier alpha value is -3.39. The van der Waals surface area contributed by atoms with E-state index in [4.69, 9.17) is 0 Å². The molecule has 4 nitrogen and oxygen atoms in total. The van der Waals surface area contributed by atoms with Crippen molar-refractivity contribution in [1.29, 1.82) is 0 Å². The normalized spacial score (nSPS) is 12.0. The van der Waals surface area contributed by atoms with Crippen molar-refractivity contribution in [3.63, 3.8) is 0 Å². The Kier molecular flexibility index (Phi) is 5.90. The van der Waals surface area contributed by atoms with Gasteiger partial charge in [-0.05, 0) is 43.3 Å². The van der Waals surface area contributed by atoms with E-state index in [0.29, 0.717) is 16.3 Å². The molecule has 0 saturated carbocycles. The molecule has 0 fully saturated rings. The largest absolute Gasteiger partial charge is 0.323 e. The molecule has 3 aromatic carbocycles. The molecule has 0 aliphatic carbocycles. The Bertz CT molecular complexity index is 1260. The minimum atomic E-state index is -0.721. The topological polar surface area (TPSA) is 54.9 Å². The first-order valence-corrected chi connectivity index (χ1v) is 10.2. The quantitative estimate of drug-likeness (QED) is 0.398. The lowest BCUT2D eigenvalue weighted by Gasteiger charge is -2.14. The zero-order chi connectivity index (χ0) is 22.0. The highest BCUT2D eigenvalue weighted by atomic mass is 32.2. The summed E-state index contributed by atoms with van der Waals surface area (Å²) >= 11 is 1.15. The smallest absolute Gasteiger partial charge is 0.237 e. The fourth-order valence-electron chi connectivity index (χ4n) is 3.04. The van der Waals surface area contributed by atoms with Crippen molar-refractivity contribution in [3.05, 3.63) is 84.2 Å². The van der Waals surface area contributed by atoms with Crippen LogP contribution in [-0.4, -0.2) is 21.4 Å². The number of amides is 1. The first kappa shape index (κ1) is 20.9. The number of rotatable bonds is 5. The number of carbonyl (C=O) groups is 1. The van der Waals surface area contributed by atoms with Crippen LogP contribution in [0.1, 0.15) is 6.92 Å². The van der Waals surface area contributed by atoms with Gasteiger partial charge in [0.1, 0.15) is 28.2 Å². The molecule has 0 spiro atoms. The molecule has 8 heteroatoms. The number of carbonyl (C=O) groups excluding carboxylic acids is 1. The maximum absolute atomic E-state index is 13.8. The van der Waals surface area contributed by atoms with Crippen LogP contribution in [0.5, 0.6) is 0 Å². The standard InChI is InChI=1S/C23H16F3N3OS/c1-13(22(30)27-20-12-16(25)10-11-19(20)26)31-23-18-5-3-2-4-17(18)21(28-29-23)14-6-8-15(24)9-7-14/h2-13H,1H3,(H,27,30). The molecule has 0 bridgehead atoms. The van der Waals surface area contributed by atoms with Crippen LogP contribution in [0.4, 0.5) is 18.9 Å². The third-order valence-corrected chi connectivity index (χ3v) is 5.71. The summed E-state index contributed by atoms with van der Waals surface area (Å²) in [4.78, 5) is 12.5. The lowest BCUT2D eigenvalue weighted by Crippen LogP contribution is -2.23. The number of aromatic nitrogens is 2. The number of halogens is 3. The molecule has 1 amide bonds. The Morgan fingerprint density at radius 1 is 0.903 bits per heavy atom. The SMILES string of the molecule is CC(Sc1nnc(-c2ccc(F)cc2)c2ccccc12)C(=O)Nc1cc(F)ccc1F. The van der Waals surface area contributed by atoms with Crippen LogP contribution in [0.25, 0.3) is 22.0 Å². The van der Waals surface area contributed by atoms with Crippen LogP contribution < -0.4 is 5.32 Å². The third kappa shape index (κ3) is 4.54. The number of hydrogen-bond donors (Lipinski definition) is 1. The molecule has 4 rings (SSSR count). The lowest BCUT2D eigenvalue weighted by atomic mass is 10.1. The molecule has 4 aromatic rings. The lowest BCUT2D eigenvalue weighted by molar-refractivity contribution is -0.115. The van der Waals surface area contributed by atoms with Gasteiger partial charge in [0.05, 0.1) is 10.9 Å². The van der Waals surface area contributed by atoms with E-state index >= 15 is 0 Å². The van der Waals surface area contributed by atoms with Crippen molar-refractivity contribution in [3.8, 4) is 11.3 Å². The van der Waals surface area contributed by atoms with Crippen molar-refractivity contribution >= 4 is 34.1 Å². The van der Waals surface area contributed by atoms with Gasteiger partial charge in [-0.15, -0.1) is 10.2 Å². The second-order valence-electron chi connectivity index (χ2n) is 6.78. The molecule has 0 aliphatic heterocycles. The molecule has 0 radical (unpaired) electrons. The molecule has 31 heavy (non-hydrogen) atoms. The predicted octanol–water partition coefficient (Wildman–Crippen LogP) is 5.83. The molecule has 1 N–H and O–H groups in total. The second kappa shape index (κ2) is 8.77. The monoisotopic (exact) mass is 439 g/mol. The van der Waals surface area contributed by atoms with Gasteiger partial charge in [0.15, 0.2) is 0 Å². The second-order valence-corrected chi connectivity index (χ2v) is 8.11.